The minimum atomic E-state index is -0.807. The normalized spacial score (nSPS) is 17.7. The van der Waals surface area contributed by atoms with E-state index in [1.807, 2.05) is 22.8 Å². The fourth-order valence-corrected chi connectivity index (χ4v) is 3.44. The molecule has 0 saturated heterocycles. The molecule has 2 aromatic rings. The Balaban J connectivity index is 2.29. The molecule has 1 aromatic carbocycles. The first-order valence-corrected chi connectivity index (χ1v) is 7.32. The highest BCUT2D eigenvalue weighted by Crippen LogP contribution is 2.34. The van der Waals surface area contributed by atoms with Crippen molar-refractivity contribution in [3.05, 3.63) is 47.7 Å². The predicted octanol–water partition coefficient (Wildman–Crippen LogP) is 2.27. The van der Waals surface area contributed by atoms with Crippen LogP contribution in [0.2, 0.25) is 0 Å². The molecule has 0 spiro atoms. The van der Waals surface area contributed by atoms with Crippen LogP contribution in [0.5, 0.6) is 0 Å². The lowest BCUT2D eigenvalue weighted by Gasteiger charge is -2.20. The lowest BCUT2D eigenvalue weighted by Crippen LogP contribution is -2.28. The number of carboxylic acids is 1. The van der Waals surface area contributed by atoms with Crippen LogP contribution in [-0.2, 0) is 30.6 Å². The lowest BCUT2D eigenvalue weighted by molar-refractivity contribution is -0.137. The van der Waals surface area contributed by atoms with Crippen molar-refractivity contribution in [2.75, 3.05) is 0 Å². The Kier molecular flexibility index (Phi) is 3.55. The van der Waals surface area contributed by atoms with E-state index in [-0.39, 0.29) is 12.6 Å². The van der Waals surface area contributed by atoms with E-state index in [0.717, 1.165) is 47.8 Å². The summed E-state index contributed by atoms with van der Waals surface area (Å²) in [5, 5.41) is 10.4. The molecular weight excluding hydrogens is 264 g/mol. The van der Waals surface area contributed by atoms with Crippen LogP contribution in [0.15, 0.2) is 30.9 Å². The molecule has 0 amide bonds. The predicted molar refractivity (Wildman–Crippen MR) is 83.5 cm³/mol. The SMILES string of the molecule is C=CCc1cccc2c3c(n(CC(=O)O)c12)CCC(N)C3. The van der Waals surface area contributed by atoms with Crippen LogP contribution in [0.25, 0.3) is 10.9 Å². The largest absolute Gasteiger partial charge is 0.480 e. The van der Waals surface area contributed by atoms with Crippen LogP contribution in [0.3, 0.4) is 0 Å². The molecular formula is C17H20N2O2. The smallest absolute Gasteiger partial charge is 0.323 e. The number of fused-ring (bicyclic) bond motifs is 3. The lowest BCUT2D eigenvalue weighted by atomic mass is 9.91. The zero-order valence-electron chi connectivity index (χ0n) is 12.0. The van der Waals surface area contributed by atoms with Gasteiger partial charge in [0, 0.05) is 17.1 Å². The Morgan fingerprint density at radius 2 is 2.33 bits per heavy atom. The van der Waals surface area contributed by atoms with Gasteiger partial charge in [-0.3, -0.25) is 4.79 Å². The van der Waals surface area contributed by atoms with E-state index in [1.165, 1.54) is 5.56 Å². The molecule has 1 heterocycles. The summed E-state index contributed by atoms with van der Waals surface area (Å²) in [6, 6.07) is 6.34. The molecule has 3 N–H and O–H groups in total. The summed E-state index contributed by atoms with van der Waals surface area (Å²) in [5.74, 6) is -0.807. The zero-order chi connectivity index (χ0) is 15.0. The highest BCUT2D eigenvalue weighted by molar-refractivity contribution is 5.90. The molecule has 1 atom stereocenters. The number of nitrogens with zero attached hydrogens (tertiary/aromatic N) is 1. The minimum absolute atomic E-state index is 0.00915. The molecule has 3 rings (SSSR count). The number of benzene rings is 1. The number of carbonyl (C=O) groups is 1. The van der Waals surface area contributed by atoms with Gasteiger partial charge >= 0.3 is 5.97 Å². The van der Waals surface area contributed by atoms with E-state index < -0.39 is 5.97 Å². The summed E-state index contributed by atoms with van der Waals surface area (Å²) in [4.78, 5) is 11.3. The number of hydrogen-bond donors (Lipinski definition) is 2. The number of aromatic nitrogens is 1. The van der Waals surface area contributed by atoms with Crippen molar-refractivity contribution >= 4 is 16.9 Å². The molecule has 0 aliphatic heterocycles. The van der Waals surface area contributed by atoms with E-state index in [4.69, 9.17) is 5.73 Å². The molecule has 4 heteroatoms. The maximum absolute atomic E-state index is 11.3. The fraction of sp³-hybridized carbons (Fsp3) is 0.353. The van der Waals surface area contributed by atoms with Crippen molar-refractivity contribution in [1.82, 2.24) is 4.57 Å². The number of para-hydroxylation sites is 1. The Bertz CT molecular complexity index is 715. The minimum Gasteiger partial charge on any atom is -0.480 e. The topological polar surface area (TPSA) is 68.2 Å². The third-order valence-corrected chi connectivity index (χ3v) is 4.26. The Labute approximate surface area is 123 Å². The van der Waals surface area contributed by atoms with Gasteiger partial charge in [-0.05, 0) is 36.8 Å². The van der Waals surface area contributed by atoms with Crippen molar-refractivity contribution in [3.63, 3.8) is 0 Å². The molecule has 1 aliphatic carbocycles. The highest BCUT2D eigenvalue weighted by Gasteiger charge is 2.25. The molecule has 0 fully saturated rings. The fourth-order valence-electron chi connectivity index (χ4n) is 3.44. The summed E-state index contributed by atoms with van der Waals surface area (Å²) >= 11 is 0. The first-order chi connectivity index (χ1) is 10.1. The molecule has 0 radical (unpaired) electrons. The number of hydrogen-bond acceptors (Lipinski definition) is 2. The van der Waals surface area contributed by atoms with Gasteiger partial charge in [-0.2, -0.15) is 0 Å². The number of rotatable bonds is 4. The third kappa shape index (κ3) is 2.36. The van der Waals surface area contributed by atoms with Crippen LogP contribution >= 0.6 is 0 Å². The first-order valence-electron chi connectivity index (χ1n) is 7.32. The summed E-state index contributed by atoms with van der Waals surface area (Å²) < 4.78 is 1.97. The maximum Gasteiger partial charge on any atom is 0.323 e. The molecule has 0 bridgehead atoms. The van der Waals surface area contributed by atoms with Gasteiger partial charge in [-0.15, -0.1) is 6.58 Å². The summed E-state index contributed by atoms with van der Waals surface area (Å²) in [6.45, 7) is 3.81. The van der Waals surface area contributed by atoms with Crippen molar-refractivity contribution < 1.29 is 9.90 Å². The zero-order valence-corrected chi connectivity index (χ0v) is 12.0. The average molecular weight is 284 g/mol. The van der Waals surface area contributed by atoms with Crippen LogP contribution in [0, 0.1) is 0 Å². The number of allylic oxidation sites excluding steroid dienone is 1. The molecule has 21 heavy (non-hydrogen) atoms. The Hall–Kier alpha value is -2.07. The van der Waals surface area contributed by atoms with Gasteiger partial charge in [0.15, 0.2) is 0 Å². The standard InChI is InChI=1S/C17H20N2O2/c1-2-4-11-5-3-6-13-14-9-12(18)7-8-15(14)19(17(11)13)10-16(20)21/h2-3,5-6,12H,1,4,7-10,18H2,(H,20,21). The van der Waals surface area contributed by atoms with E-state index >= 15 is 0 Å². The molecule has 110 valence electrons. The molecule has 4 nitrogen and oxygen atoms in total. The summed E-state index contributed by atoms with van der Waals surface area (Å²) in [5.41, 5.74) is 10.7. The monoisotopic (exact) mass is 284 g/mol. The summed E-state index contributed by atoms with van der Waals surface area (Å²) in [7, 11) is 0. The van der Waals surface area contributed by atoms with Gasteiger partial charge < -0.3 is 15.4 Å². The van der Waals surface area contributed by atoms with Crippen molar-refractivity contribution in [2.45, 2.75) is 38.3 Å². The van der Waals surface area contributed by atoms with Crippen molar-refractivity contribution in [2.24, 2.45) is 5.73 Å². The van der Waals surface area contributed by atoms with E-state index in [1.54, 1.807) is 0 Å². The van der Waals surface area contributed by atoms with Crippen LogP contribution in [0.1, 0.15) is 23.2 Å². The van der Waals surface area contributed by atoms with Crippen molar-refractivity contribution in [1.29, 1.82) is 0 Å². The van der Waals surface area contributed by atoms with Gasteiger partial charge in [0.25, 0.3) is 0 Å². The second-order valence-electron chi connectivity index (χ2n) is 5.71. The van der Waals surface area contributed by atoms with Crippen molar-refractivity contribution in [3.8, 4) is 0 Å². The highest BCUT2D eigenvalue weighted by atomic mass is 16.4. The van der Waals surface area contributed by atoms with Crippen LogP contribution in [0.4, 0.5) is 0 Å². The quantitative estimate of drug-likeness (QED) is 0.846. The maximum atomic E-state index is 11.3. The van der Waals surface area contributed by atoms with Crippen LogP contribution < -0.4 is 5.73 Å². The van der Waals surface area contributed by atoms with Gasteiger partial charge in [0.2, 0.25) is 0 Å². The molecule has 1 aromatic heterocycles. The van der Waals surface area contributed by atoms with Crippen LogP contribution in [-0.4, -0.2) is 21.7 Å². The second kappa shape index (κ2) is 5.37. The molecule has 1 aliphatic rings. The number of nitrogens with two attached hydrogens (primary N) is 1. The van der Waals surface area contributed by atoms with Gasteiger partial charge in [-0.25, -0.2) is 0 Å². The number of aliphatic carboxylic acids is 1. The van der Waals surface area contributed by atoms with E-state index in [2.05, 4.69) is 12.6 Å². The van der Waals surface area contributed by atoms with Gasteiger partial charge in [-0.1, -0.05) is 24.3 Å². The summed E-state index contributed by atoms with van der Waals surface area (Å²) in [6.07, 6.45) is 5.20. The molecule has 1 unspecified atom stereocenters. The van der Waals surface area contributed by atoms with E-state index in [0.29, 0.717) is 0 Å². The third-order valence-electron chi connectivity index (χ3n) is 4.26. The van der Waals surface area contributed by atoms with E-state index in [9.17, 15) is 9.90 Å². The first kappa shape index (κ1) is 13.9. The second-order valence-corrected chi connectivity index (χ2v) is 5.71. The molecule has 0 saturated carbocycles. The van der Waals surface area contributed by atoms with Gasteiger partial charge in [0.05, 0.1) is 5.52 Å². The Morgan fingerprint density at radius 1 is 1.52 bits per heavy atom. The Morgan fingerprint density at radius 3 is 3.05 bits per heavy atom. The van der Waals surface area contributed by atoms with Gasteiger partial charge in [0.1, 0.15) is 6.54 Å². The number of carboxylic acid groups (broad SMARTS) is 1. The average Bonchev–Trinajstić information content (AvgIpc) is 2.74.